The highest BCUT2D eigenvalue weighted by Crippen LogP contribution is 2.31. The molecular formula is C20H31NO5. The number of carbonyl (C=O) groups is 2. The van der Waals surface area contributed by atoms with Crippen molar-refractivity contribution in [1.29, 1.82) is 0 Å². The zero-order chi connectivity index (χ0) is 19.7. The number of carboxylic acid groups (broad SMARTS) is 2. The summed E-state index contributed by atoms with van der Waals surface area (Å²) in [4.78, 5) is 20.8. The van der Waals surface area contributed by atoms with Crippen LogP contribution < -0.4 is 4.74 Å². The molecule has 6 nitrogen and oxygen atoms in total. The Kier molecular flexibility index (Phi) is 8.58. The molecule has 2 rings (SSSR count). The molecule has 1 aliphatic rings. The zero-order valence-electron chi connectivity index (χ0n) is 16.2. The van der Waals surface area contributed by atoms with Crippen LogP contribution in [0.4, 0.5) is 0 Å². The highest BCUT2D eigenvalue weighted by Gasteiger charge is 2.21. The van der Waals surface area contributed by atoms with E-state index >= 15 is 0 Å². The molecule has 1 aromatic carbocycles. The number of hydrogen-bond donors (Lipinski definition) is 2. The number of nitrogens with zero attached hydrogens (tertiary/aromatic N) is 1. The van der Waals surface area contributed by atoms with Gasteiger partial charge in [0, 0.05) is 0 Å². The molecule has 0 saturated carbocycles. The standard InChI is InChI=1S/C18H29NO.C2H2O4/c1-5-11-19-12-9-15(10-13-19)16-7-6-8-17(14-16)20-18(2,3)4;3-1(4)2(5)6/h6-8,14-15H,5,9-13H2,1-4H3;(H,3,4)(H,5,6). The van der Waals surface area contributed by atoms with Crippen LogP contribution in [0, 0.1) is 0 Å². The van der Waals surface area contributed by atoms with Crippen LogP contribution in [0.5, 0.6) is 5.75 Å². The summed E-state index contributed by atoms with van der Waals surface area (Å²) in [7, 11) is 0. The van der Waals surface area contributed by atoms with Gasteiger partial charge in [0.2, 0.25) is 0 Å². The largest absolute Gasteiger partial charge is 0.488 e. The quantitative estimate of drug-likeness (QED) is 0.793. The van der Waals surface area contributed by atoms with Crippen LogP contribution in [0.3, 0.4) is 0 Å². The highest BCUT2D eigenvalue weighted by molar-refractivity contribution is 6.27. The van der Waals surface area contributed by atoms with E-state index in [2.05, 4.69) is 56.9 Å². The Morgan fingerprint density at radius 1 is 1.15 bits per heavy atom. The number of rotatable bonds is 4. The van der Waals surface area contributed by atoms with Gasteiger partial charge < -0.3 is 19.8 Å². The van der Waals surface area contributed by atoms with Gasteiger partial charge in [-0.2, -0.15) is 0 Å². The first-order valence-electron chi connectivity index (χ1n) is 9.10. The number of hydrogen-bond acceptors (Lipinski definition) is 4. The lowest BCUT2D eigenvalue weighted by Crippen LogP contribution is -2.33. The smallest absolute Gasteiger partial charge is 0.414 e. The lowest BCUT2D eigenvalue weighted by molar-refractivity contribution is -0.159. The molecule has 0 atom stereocenters. The number of likely N-dealkylation sites (tertiary alicyclic amines) is 1. The summed E-state index contributed by atoms with van der Waals surface area (Å²) in [5, 5.41) is 14.8. The van der Waals surface area contributed by atoms with Gasteiger partial charge in [-0.25, -0.2) is 9.59 Å². The van der Waals surface area contributed by atoms with E-state index < -0.39 is 11.9 Å². The summed E-state index contributed by atoms with van der Waals surface area (Å²) in [6.45, 7) is 12.3. The predicted octanol–water partition coefficient (Wildman–Crippen LogP) is 3.61. The number of aliphatic carboxylic acids is 2. The van der Waals surface area contributed by atoms with E-state index in [-0.39, 0.29) is 5.60 Å². The minimum Gasteiger partial charge on any atom is -0.488 e. The monoisotopic (exact) mass is 365 g/mol. The molecule has 146 valence electrons. The molecule has 1 fully saturated rings. The molecule has 1 aromatic rings. The minimum absolute atomic E-state index is 0.122. The maximum Gasteiger partial charge on any atom is 0.414 e. The van der Waals surface area contributed by atoms with Gasteiger partial charge in [0.1, 0.15) is 11.4 Å². The lowest BCUT2D eigenvalue weighted by Gasteiger charge is -2.32. The average Bonchev–Trinajstić information content (AvgIpc) is 2.55. The molecule has 0 radical (unpaired) electrons. The van der Waals surface area contributed by atoms with Gasteiger partial charge in [-0.1, -0.05) is 19.1 Å². The number of ether oxygens (including phenoxy) is 1. The lowest BCUT2D eigenvalue weighted by atomic mass is 9.89. The van der Waals surface area contributed by atoms with E-state index in [0.717, 1.165) is 5.75 Å². The van der Waals surface area contributed by atoms with Crippen molar-refractivity contribution in [1.82, 2.24) is 4.90 Å². The van der Waals surface area contributed by atoms with Crippen molar-refractivity contribution in [3.63, 3.8) is 0 Å². The van der Waals surface area contributed by atoms with Crippen molar-refractivity contribution >= 4 is 11.9 Å². The second-order valence-electron chi connectivity index (χ2n) is 7.51. The molecule has 0 aromatic heterocycles. The van der Waals surface area contributed by atoms with Crippen molar-refractivity contribution in [2.24, 2.45) is 0 Å². The Morgan fingerprint density at radius 2 is 1.73 bits per heavy atom. The van der Waals surface area contributed by atoms with E-state index in [0.29, 0.717) is 5.92 Å². The Balaban J connectivity index is 0.000000487. The Bertz CT molecular complexity index is 574. The molecule has 0 amide bonds. The fourth-order valence-electron chi connectivity index (χ4n) is 2.99. The van der Waals surface area contributed by atoms with Gasteiger partial charge in [-0.15, -0.1) is 0 Å². The zero-order valence-corrected chi connectivity index (χ0v) is 16.2. The molecule has 1 saturated heterocycles. The van der Waals surface area contributed by atoms with Crippen molar-refractivity contribution in [3.8, 4) is 5.75 Å². The third-order valence-electron chi connectivity index (χ3n) is 4.06. The van der Waals surface area contributed by atoms with Crippen molar-refractivity contribution in [2.45, 2.75) is 58.5 Å². The molecule has 2 N–H and O–H groups in total. The third kappa shape index (κ3) is 8.34. The molecule has 0 spiro atoms. The van der Waals surface area contributed by atoms with Gasteiger partial charge in [0.15, 0.2) is 0 Å². The van der Waals surface area contributed by atoms with Gasteiger partial charge in [0.25, 0.3) is 0 Å². The summed E-state index contributed by atoms with van der Waals surface area (Å²) in [6.07, 6.45) is 3.82. The molecule has 0 bridgehead atoms. The summed E-state index contributed by atoms with van der Waals surface area (Å²) in [6, 6.07) is 8.71. The van der Waals surface area contributed by atoms with Crippen LogP contribution in [0.25, 0.3) is 0 Å². The maximum atomic E-state index is 9.10. The molecule has 0 unspecified atom stereocenters. The minimum atomic E-state index is -1.82. The fourth-order valence-corrected chi connectivity index (χ4v) is 2.99. The Morgan fingerprint density at radius 3 is 2.19 bits per heavy atom. The number of carboxylic acids is 2. The summed E-state index contributed by atoms with van der Waals surface area (Å²) in [5.74, 6) is -1.94. The summed E-state index contributed by atoms with van der Waals surface area (Å²) >= 11 is 0. The van der Waals surface area contributed by atoms with E-state index in [1.165, 1.54) is 44.5 Å². The fraction of sp³-hybridized carbons (Fsp3) is 0.600. The molecular weight excluding hydrogens is 334 g/mol. The predicted molar refractivity (Wildman–Crippen MR) is 101 cm³/mol. The SMILES string of the molecule is CCCN1CCC(c2cccc(OC(C)(C)C)c2)CC1.O=C(O)C(=O)O. The van der Waals surface area contributed by atoms with Gasteiger partial charge >= 0.3 is 11.9 Å². The van der Waals surface area contributed by atoms with E-state index in [1.54, 1.807) is 0 Å². The van der Waals surface area contributed by atoms with Gasteiger partial charge in [-0.05, 0) is 83.3 Å². The van der Waals surface area contributed by atoms with Crippen LogP contribution >= 0.6 is 0 Å². The average molecular weight is 365 g/mol. The molecule has 1 aliphatic heterocycles. The first-order chi connectivity index (χ1) is 12.1. The van der Waals surface area contributed by atoms with Crippen molar-refractivity contribution in [3.05, 3.63) is 29.8 Å². The molecule has 1 heterocycles. The van der Waals surface area contributed by atoms with Crippen molar-refractivity contribution < 1.29 is 24.5 Å². The summed E-state index contributed by atoms with van der Waals surface area (Å²) < 4.78 is 5.98. The van der Waals surface area contributed by atoms with Crippen molar-refractivity contribution in [2.75, 3.05) is 19.6 Å². The highest BCUT2D eigenvalue weighted by atomic mass is 16.5. The van der Waals surface area contributed by atoms with E-state index in [1.807, 2.05) is 0 Å². The molecule has 0 aliphatic carbocycles. The topological polar surface area (TPSA) is 87.1 Å². The normalized spacial score (nSPS) is 15.7. The maximum absolute atomic E-state index is 9.10. The van der Waals surface area contributed by atoms with Crippen LogP contribution in [0.15, 0.2) is 24.3 Å². The third-order valence-corrected chi connectivity index (χ3v) is 4.06. The van der Waals surface area contributed by atoms with Gasteiger partial charge in [0.05, 0.1) is 0 Å². The van der Waals surface area contributed by atoms with E-state index in [4.69, 9.17) is 24.5 Å². The van der Waals surface area contributed by atoms with E-state index in [9.17, 15) is 0 Å². The van der Waals surface area contributed by atoms with Crippen LogP contribution in [0.2, 0.25) is 0 Å². The van der Waals surface area contributed by atoms with Crippen LogP contribution in [-0.2, 0) is 9.59 Å². The summed E-state index contributed by atoms with van der Waals surface area (Å²) in [5.41, 5.74) is 1.33. The second kappa shape index (κ2) is 10.2. The number of benzene rings is 1. The second-order valence-corrected chi connectivity index (χ2v) is 7.51. The molecule has 6 heteroatoms. The first-order valence-corrected chi connectivity index (χ1v) is 9.10. The van der Waals surface area contributed by atoms with Gasteiger partial charge in [-0.3, -0.25) is 0 Å². The van der Waals surface area contributed by atoms with Crippen LogP contribution in [0.1, 0.15) is 58.4 Å². The Hall–Kier alpha value is -2.08. The number of piperidine rings is 1. The van der Waals surface area contributed by atoms with Crippen LogP contribution in [-0.4, -0.2) is 52.3 Å². The molecule has 26 heavy (non-hydrogen) atoms. The Labute approximate surface area is 155 Å². The first kappa shape index (κ1) is 22.0.